The zero-order valence-corrected chi connectivity index (χ0v) is 17.2. The van der Waals surface area contributed by atoms with Crippen LogP contribution in [-0.2, 0) is 11.3 Å². The van der Waals surface area contributed by atoms with Crippen molar-refractivity contribution in [1.82, 2.24) is 14.8 Å². The lowest BCUT2D eigenvalue weighted by atomic mass is 10.2. The summed E-state index contributed by atoms with van der Waals surface area (Å²) in [6.45, 7) is 4.31. The van der Waals surface area contributed by atoms with Gasteiger partial charge in [-0.1, -0.05) is 48.2 Å². The predicted octanol–water partition coefficient (Wildman–Crippen LogP) is 4.62. The van der Waals surface area contributed by atoms with Crippen molar-refractivity contribution >= 4 is 34.3 Å². The molecular weight excluding hydrogens is 400 g/mol. The van der Waals surface area contributed by atoms with E-state index in [4.69, 9.17) is 9.15 Å². The lowest BCUT2D eigenvalue weighted by Gasteiger charge is -2.10. The molecule has 0 saturated heterocycles. The molecule has 0 saturated carbocycles. The fourth-order valence-corrected chi connectivity index (χ4v) is 3.78. The van der Waals surface area contributed by atoms with E-state index in [9.17, 15) is 4.79 Å². The molecule has 0 unspecified atom stereocenters. The molecule has 0 atom stereocenters. The first kappa shape index (κ1) is 19.8. The third kappa shape index (κ3) is 4.08. The first-order chi connectivity index (χ1) is 14.7. The molecule has 0 fully saturated rings. The highest BCUT2D eigenvalue weighted by atomic mass is 32.2. The molecule has 0 aliphatic carbocycles. The summed E-state index contributed by atoms with van der Waals surface area (Å²) in [5, 5.41) is 13.0. The Labute approximate surface area is 177 Å². The second kappa shape index (κ2) is 8.87. The number of nitrogens with zero attached hydrogens (tertiary/aromatic N) is 3. The van der Waals surface area contributed by atoms with Gasteiger partial charge >= 0.3 is 0 Å². The normalized spacial score (nSPS) is 10.8. The molecule has 2 aromatic heterocycles. The van der Waals surface area contributed by atoms with Crippen molar-refractivity contribution in [3.05, 3.63) is 67.3 Å². The average molecular weight is 420 g/mol. The molecule has 4 rings (SSSR count). The summed E-state index contributed by atoms with van der Waals surface area (Å²) in [7, 11) is 1.57. The standard InChI is InChI=1S/C22H20N4O3S/c1-3-12-26-21(19-13-15-8-4-6-10-17(15)29-19)24-25-22(26)30-14-20(27)23-16-9-5-7-11-18(16)28-2/h3-11,13H,1,12,14H2,2H3,(H,23,27). The van der Waals surface area contributed by atoms with E-state index in [2.05, 4.69) is 22.1 Å². The van der Waals surface area contributed by atoms with E-state index in [0.29, 0.717) is 34.7 Å². The molecular formula is C22H20N4O3S. The minimum atomic E-state index is -0.164. The van der Waals surface area contributed by atoms with Gasteiger partial charge in [0.15, 0.2) is 10.9 Å². The number of fused-ring (bicyclic) bond motifs is 1. The molecule has 4 aromatic rings. The minimum Gasteiger partial charge on any atom is -0.495 e. The second-order valence-electron chi connectivity index (χ2n) is 6.39. The van der Waals surface area contributed by atoms with E-state index in [1.807, 2.05) is 47.0 Å². The lowest BCUT2D eigenvalue weighted by Crippen LogP contribution is -2.15. The van der Waals surface area contributed by atoms with Crippen LogP contribution in [0.1, 0.15) is 0 Å². The van der Waals surface area contributed by atoms with Crippen LogP contribution in [0.4, 0.5) is 5.69 Å². The topological polar surface area (TPSA) is 82.2 Å². The molecule has 0 spiro atoms. The van der Waals surface area contributed by atoms with Crippen LogP contribution in [0.25, 0.3) is 22.6 Å². The van der Waals surface area contributed by atoms with Gasteiger partial charge in [-0.2, -0.15) is 0 Å². The van der Waals surface area contributed by atoms with Crippen LogP contribution in [-0.4, -0.2) is 33.5 Å². The van der Waals surface area contributed by atoms with Crippen molar-refractivity contribution in [2.24, 2.45) is 0 Å². The fourth-order valence-electron chi connectivity index (χ4n) is 3.03. The summed E-state index contributed by atoms with van der Waals surface area (Å²) in [6.07, 6.45) is 1.76. The molecule has 30 heavy (non-hydrogen) atoms. The zero-order valence-electron chi connectivity index (χ0n) is 16.4. The summed E-state index contributed by atoms with van der Waals surface area (Å²) in [5.74, 6) is 1.84. The van der Waals surface area contributed by atoms with E-state index < -0.39 is 0 Å². The van der Waals surface area contributed by atoms with Crippen LogP contribution in [0.2, 0.25) is 0 Å². The van der Waals surface area contributed by atoms with Gasteiger partial charge in [-0.15, -0.1) is 16.8 Å². The maximum absolute atomic E-state index is 12.4. The number of carbonyl (C=O) groups is 1. The van der Waals surface area contributed by atoms with Crippen LogP contribution in [0.3, 0.4) is 0 Å². The number of para-hydroxylation sites is 3. The van der Waals surface area contributed by atoms with Crippen LogP contribution >= 0.6 is 11.8 Å². The highest BCUT2D eigenvalue weighted by molar-refractivity contribution is 7.99. The molecule has 152 valence electrons. The molecule has 2 aromatic carbocycles. The zero-order chi connectivity index (χ0) is 20.9. The average Bonchev–Trinajstić information content (AvgIpc) is 3.36. The van der Waals surface area contributed by atoms with Gasteiger partial charge in [-0.25, -0.2) is 0 Å². The van der Waals surface area contributed by atoms with Gasteiger partial charge in [0.2, 0.25) is 11.7 Å². The number of rotatable bonds is 8. The Bertz CT molecular complexity index is 1170. The first-order valence-corrected chi connectivity index (χ1v) is 10.3. The highest BCUT2D eigenvalue weighted by Gasteiger charge is 2.18. The Balaban J connectivity index is 1.51. The maximum Gasteiger partial charge on any atom is 0.234 e. The SMILES string of the molecule is C=CCn1c(SCC(=O)Nc2ccccc2OC)nnc1-c1cc2ccccc2o1. The van der Waals surface area contributed by atoms with Gasteiger partial charge in [0.25, 0.3) is 0 Å². The number of carbonyl (C=O) groups excluding carboxylic acids is 1. The van der Waals surface area contributed by atoms with E-state index in [1.54, 1.807) is 25.3 Å². The predicted molar refractivity (Wildman–Crippen MR) is 118 cm³/mol. The summed E-state index contributed by atoms with van der Waals surface area (Å²) in [5.41, 5.74) is 1.41. The van der Waals surface area contributed by atoms with Crippen molar-refractivity contribution in [2.45, 2.75) is 11.7 Å². The van der Waals surface area contributed by atoms with Crippen LogP contribution < -0.4 is 10.1 Å². The Morgan fingerprint density at radius 3 is 2.83 bits per heavy atom. The summed E-state index contributed by atoms with van der Waals surface area (Å²) >= 11 is 1.30. The van der Waals surface area contributed by atoms with Crippen LogP contribution in [0.5, 0.6) is 5.75 Å². The second-order valence-corrected chi connectivity index (χ2v) is 7.33. The number of aromatic nitrogens is 3. The number of hydrogen-bond acceptors (Lipinski definition) is 6. The smallest absolute Gasteiger partial charge is 0.234 e. The van der Waals surface area contributed by atoms with Crippen LogP contribution in [0, 0.1) is 0 Å². The third-order valence-corrected chi connectivity index (χ3v) is 5.35. The van der Waals surface area contributed by atoms with E-state index in [-0.39, 0.29) is 11.7 Å². The summed E-state index contributed by atoms with van der Waals surface area (Å²) in [6, 6.07) is 17.0. The molecule has 8 heteroatoms. The van der Waals surface area contributed by atoms with Crippen molar-refractivity contribution in [2.75, 3.05) is 18.2 Å². The third-order valence-electron chi connectivity index (χ3n) is 4.39. The van der Waals surface area contributed by atoms with E-state index in [1.165, 1.54) is 11.8 Å². The molecule has 7 nitrogen and oxygen atoms in total. The van der Waals surface area contributed by atoms with Gasteiger partial charge in [-0.05, 0) is 24.3 Å². The summed E-state index contributed by atoms with van der Waals surface area (Å²) < 4.78 is 13.1. The Morgan fingerprint density at radius 2 is 2.03 bits per heavy atom. The van der Waals surface area contributed by atoms with Crippen LogP contribution in [0.15, 0.2) is 76.8 Å². The van der Waals surface area contributed by atoms with Crippen molar-refractivity contribution < 1.29 is 13.9 Å². The fraction of sp³-hybridized carbons (Fsp3) is 0.136. The largest absolute Gasteiger partial charge is 0.495 e. The van der Waals surface area contributed by atoms with Gasteiger partial charge in [0, 0.05) is 11.9 Å². The Hall–Kier alpha value is -3.52. The number of furan rings is 1. The first-order valence-electron chi connectivity index (χ1n) is 9.28. The van der Waals surface area contributed by atoms with Gasteiger partial charge in [-0.3, -0.25) is 9.36 Å². The van der Waals surface area contributed by atoms with E-state index in [0.717, 1.165) is 11.0 Å². The van der Waals surface area contributed by atoms with Gasteiger partial charge in [0.1, 0.15) is 11.3 Å². The summed E-state index contributed by atoms with van der Waals surface area (Å²) in [4.78, 5) is 12.4. The van der Waals surface area contributed by atoms with Crippen molar-refractivity contribution in [3.63, 3.8) is 0 Å². The maximum atomic E-state index is 12.4. The number of hydrogen-bond donors (Lipinski definition) is 1. The van der Waals surface area contributed by atoms with Gasteiger partial charge in [0.05, 0.1) is 18.6 Å². The van der Waals surface area contributed by atoms with Crippen molar-refractivity contribution in [1.29, 1.82) is 0 Å². The molecule has 0 aliphatic rings. The van der Waals surface area contributed by atoms with Gasteiger partial charge < -0.3 is 14.5 Å². The van der Waals surface area contributed by atoms with Crippen molar-refractivity contribution in [3.8, 4) is 17.3 Å². The number of nitrogens with one attached hydrogen (secondary N) is 1. The number of ether oxygens (including phenoxy) is 1. The molecule has 1 N–H and O–H groups in total. The number of amides is 1. The quantitative estimate of drug-likeness (QED) is 0.331. The molecule has 0 aliphatic heterocycles. The number of benzene rings is 2. The number of methoxy groups -OCH3 is 1. The molecule has 0 bridgehead atoms. The highest BCUT2D eigenvalue weighted by Crippen LogP contribution is 2.29. The molecule has 2 heterocycles. The Morgan fingerprint density at radius 1 is 1.23 bits per heavy atom. The number of anilines is 1. The minimum absolute atomic E-state index is 0.164. The number of thioether (sulfide) groups is 1. The monoisotopic (exact) mass is 420 g/mol. The van der Waals surface area contributed by atoms with E-state index >= 15 is 0 Å². The molecule has 0 radical (unpaired) electrons. The Kier molecular flexibility index (Phi) is 5.85. The number of allylic oxidation sites excluding steroid dienone is 1. The molecule has 1 amide bonds. The lowest BCUT2D eigenvalue weighted by molar-refractivity contribution is -0.113.